The summed E-state index contributed by atoms with van der Waals surface area (Å²) in [6, 6.07) is 9.90. The fraction of sp³-hybridized carbons (Fsp3) is 0.538. The van der Waals surface area contributed by atoms with E-state index in [1.165, 1.54) is 54.5 Å². The first-order valence-electron chi connectivity index (χ1n) is 12.1. The Morgan fingerprint density at radius 3 is 2.81 bits per heavy atom. The molecule has 0 spiro atoms. The van der Waals surface area contributed by atoms with Crippen LogP contribution in [0.25, 0.3) is 0 Å². The van der Waals surface area contributed by atoms with Crippen molar-refractivity contribution in [3.63, 3.8) is 0 Å². The van der Waals surface area contributed by atoms with E-state index in [1.807, 2.05) is 0 Å². The van der Waals surface area contributed by atoms with Gasteiger partial charge in [0.05, 0.1) is 0 Å². The number of allylic oxidation sites excluding steroid dienone is 2. The summed E-state index contributed by atoms with van der Waals surface area (Å²) in [6.07, 6.45) is 13.6. The van der Waals surface area contributed by atoms with Gasteiger partial charge in [0.25, 0.3) is 0 Å². The summed E-state index contributed by atoms with van der Waals surface area (Å²) >= 11 is 0. The number of carbonyl (C=O) groups is 1. The molecule has 3 N–H and O–H groups in total. The van der Waals surface area contributed by atoms with E-state index in [4.69, 9.17) is 0 Å². The van der Waals surface area contributed by atoms with E-state index in [1.54, 1.807) is 0 Å². The number of benzene rings is 1. The molecule has 4 aliphatic rings. The minimum atomic E-state index is 0.119. The van der Waals surface area contributed by atoms with E-state index < -0.39 is 0 Å². The lowest BCUT2D eigenvalue weighted by Crippen LogP contribution is -2.29. The third-order valence-electron chi connectivity index (χ3n) is 7.89. The third kappa shape index (κ3) is 3.84. The van der Waals surface area contributed by atoms with Crippen LogP contribution in [0.1, 0.15) is 91.5 Å². The molecule has 1 aromatic heterocycles. The zero-order valence-electron chi connectivity index (χ0n) is 18.1. The smallest absolute Gasteiger partial charge is 0.226 e. The van der Waals surface area contributed by atoms with Gasteiger partial charge in [-0.15, -0.1) is 0 Å². The second-order valence-corrected chi connectivity index (χ2v) is 10.1. The number of amides is 1. The molecular formula is C26H32N4O. The fourth-order valence-corrected chi connectivity index (χ4v) is 5.85. The molecule has 3 aliphatic carbocycles. The Hall–Kier alpha value is -2.40. The fourth-order valence-electron chi connectivity index (χ4n) is 5.85. The molecule has 2 unspecified atom stereocenters. The molecule has 6 rings (SSSR count). The van der Waals surface area contributed by atoms with Gasteiger partial charge in [0.1, 0.15) is 0 Å². The second-order valence-electron chi connectivity index (χ2n) is 10.1. The minimum absolute atomic E-state index is 0.119. The molecule has 2 atom stereocenters. The highest BCUT2D eigenvalue weighted by Gasteiger charge is 2.40. The predicted molar refractivity (Wildman–Crippen MR) is 122 cm³/mol. The Labute approximate surface area is 184 Å². The maximum Gasteiger partial charge on any atom is 0.226 e. The molecular weight excluding hydrogens is 384 g/mol. The highest BCUT2D eigenvalue weighted by Crippen LogP contribution is 2.52. The van der Waals surface area contributed by atoms with Crippen LogP contribution in [0.15, 0.2) is 36.4 Å². The average molecular weight is 417 g/mol. The Morgan fingerprint density at radius 1 is 1.10 bits per heavy atom. The summed E-state index contributed by atoms with van der Waals surface area (Å²) in [5, 5.41) is 14.5. The van der Waals surface area contributed by atoms with Gasteiger partial charge < -0.3 is 10.6 Å². The number of anilines is 1. The van der Waals surface area contributed by atoms with Gasteiger partial charge in [-0.1, -0.05) is 36.4 Å². The van der Waals surface area contributed by atoms with Crippen molar-refractivity contribution in [1.29, 1.82) is 0 Å². The van der Waals surface area contributed by atoms with Crippen molar-refractivity contribution in [3.8, 4) is 0 Å². The van der Waals surface area contributed by atoms with Gasteiger partial charge in [0.15, 0.2) is 5.82 Å². The van der Waals surface area contributed by atoms with Gasteiger partial charge in [-0.05, 0) is 67.9 Å². The monoisotopic (exact) mass is 416 g/mol. The van der Waals surface area contributed by atoms with Gasteiger partial charge in [-0.2, -0.15) is 5.10 Å². The summed E-state index contributed by atoms with van der Waals surface area (Å²) in [4.78, 5) is 12.3. The number of nitrogens with one attached hydrogen (secondary N) is 3. The average Bonchev–Trinajstić information content (AvgIpc) is 3.51. The van der Waals surface area contributed by atoms with Crippen LogP contribution in [0, 0.1) is 5.92 Å². The number of rotatable bonds is 6. The summed E-state index contributed by atoms with van der Waals surface area (Å²) in [5.41, 5.74) is 5.48. The number of H-pyrrole nitrogens is 1. The molecule has 5 heteroatoms. The number of aromatic nitrogens is 2. The van der Waals surface area contributed by atoms with Gasteiger partial charge in [-0.3, -0.25) is 9.89 Å². The summed E-state index contributed by atoms with van der Waals surface area (Å²) in [6.45, 7) is 0.986. The zero-order valence-corrected chi connectivity index (χ0v) is 18.1. The molecule has 31 heavy (non-hydrogen) atoms. The molecule has 1 aliphatic heterocycles. The number of carbonyl (C=O) groups excluding carboxylic acids is 1. The molecule has 0 saturated heterocycles. The van der Waals surface area contributed by atoms with Crippen LogP contribution in [0.3, 0.4) is 0 Å². The van der Waals surface area contributed by atoms with Gasteiger partial charge in [0, 0.05) is 42.1 Å². The largest absolute Gasteiger partial charge is 0.310 e. The number of nitrogens with zero attached hydrogens (tertiary/aromatic N) is 1. The lowest BCUT2D eigenvalue weighted by molar-refractivity contribution is -0.117. The van der Waals surface area contributed by atoms with E-state index in [9.17, 15) is 4.79 Å². The molecule has 2 saturated carbocycles. The van der Waals surface area contributed by atoms with Crippen molar-refractivity contribution >= 4 is 11.7 Å². The van der Waals surface area contributed by atoms with Gasteiger partial charge in [0.2, 0.25) is 5.91 Å². The maximum atomic E-state index is 12.3. The Kier molecular flexibility index (Phi) is 4.94. The number of hydrogen-bond donors (Lipinski definition) is 3. The van der Waals surface area contributed by atoms with E-state index >= 15 is 0 Å². The van der Waals surface area contributed by atoms with Crippen LogP contribution in [-0.4, -0.2) is 22.1 Å². The molecule has 162 valence electrons. The SMILES string of the molecule is O=C1CC(C2CC=CCC2)c2c(n[nH]c2C2CC(c3cccc(CNC4CC4)c3)C2)N1. The highest BCUT2D eigenvalue weighted by atomic mass is 16.1. The van der Waals surface area contributed by atoms with E-state index in [0.717, 1.165) is 31.2 Å². The molecule has 2 heterocycles. The lowest BCUT2D eigenvalue weighted by atomic mass is 9.67. The van der Waals surface area contributed by atoms with Crippen molar-refractivity contribution in [2.45, 2.75) is 81.7 Å². The van der Waals surface area contributed by atoms with E-state index in [2.05, 4.69) is 57.2 Å². The van der Waals surface area contributed by atoms with E-state index in [-0.39, 0.29) is 5.91 Å². The first-order chi connectivity index (χ1) is 15.2. The third-order valence-corrected chi connectivity index (χ3v) is 7.89. The predicted octanol–water partition coefficient (Wildman–Crippen LogP) is 5.11. The topological polar surface area (TPSA) is 69.8 Å². The van der Waals surface area contributed by atoms with Crippen molar-refractivity contribution in [2.24, 2.45) is 5.92 Å². The second kappa shape index (κ2) is 7.94. The zero-order chi connectivity index (χ0) is 20.8. The van der Waals surface area contributed by atoms with Crippen molar-refractivity contribution in [2.75, 3.05) is 5.32 Å². The summed E-state index contributed by atoms with van der Waals surface area (Å²) in [7, 11) is 0. The summed E-state index contributed by atoms with van der Waals surface area (Å²) in [5.74, 6) is 2.91. The van der Waals surface area contributed by atoms with Crippen molar-refractivity contribution in [3.05, 3.63) is 58.8 Å². The number of fused-ring (bicyclic) bond motifs is 1. The Bertz CT molecular complexity index is 999. The number of hydrogen-bond acceptors (Lipinski definition) is 3. The molecule has 2 aromatic rings. The molecule has 0 bridgehead atoms. The van der Waals surface area contributed by atoms with Crippen LogP contribution in [0.2, 0.25) is 0 Å². The Morgan fingerprint density at radius 2 is 2.00 bits per heavy atom. The quantitative estimate of drug-likeness (QED) is 0.574. The number of aromatic amines is 1. The van der Waals surface area contributed by atoms with Gasteiger partial charge >= 0.3 is 0 Å². The maximum absolute atomic E-state index is 12.3. The van der Waals surface area contributed by atoms with Gasteiger partial charge in [-0.25, -0.2) is 0 Å². The van der Waals surface area contributed by atoms with Crippen LogP contribution in [0.4, 0.5) is 5.82 Å². The standard InChI is InChI=1S/C26H32N4O/c31-23-14-22(17-6-2-1-3-7-17)24-25(29-30-26(24)28-23)20-12-19(13-20)18-8-4-5-16(11-18)15-27-21-9-10-21/h1-2,4-5,8,11,17,19-22,27H,3,6-7,9-10,12-15H2,(H2,28,29,30,31). The molecule has 1 aromatic carbocycles. The van der Waals surface area contributed by atoms with Crippen LogP contribution < -0.4 is 10.6 Å². The van der Waals surface area contributed by atoms with Crippen molar-refractivity contribution in [1.82, 2.24) is 15.5 Å². The first-order valence-corrected chi connectivity index (χ1v) is 12.1. The lowest BCUT2D eigenvalue weighted by Gasteiger charge is -2.38. The van der Waals surface area contributed by atoms with Crippen LogP contribution in [0.5, 0.6) is 0 Å². The molecule has 5 nitrogen and oxygen atoms in total. The van der Waals surface area contributed by atoms with E-state index in [0.29, 0.717) is 30.1 Å². The minimum Gasteiger partial charge on any atom is -0.310 e. The summed E-state index contributed by atoms with van der Waals surface area (Å²) < 4.78 is 0. The van der Waals surface area contributed by atoms with Crippen LogP contribution >= 0.6 is 0 Å². The molecule has 2 fully saturated rings. The first kappa shape index (κ1) is 19.3. The highest BCUT2D eigenvalue weighted by molar-refractivity contribution is 5.94. The Balaban J connectivity index is 1.17. The van der Waals surface area contributed by atoms with Crippen LogP contribution in [-0.2, 0) is 11.3 Å². The molecule has 0 radical (unpaired) electrons. The molecule has 1 amide bonds. The van der Waals surface area contributed by atoms with Crippen molar-refractivity contribution < 1.29 is 4.79 Å². The normalized spacial score (nSPS) is 29.9.